The number of phosphoric ester groups is 2. The van der Waals surface area contributed by atoms with E-state index < -0.39 is 97.5 Å². The minimum atomic E-state index is -4.95. The maximum atomic E-state index is 13.0. The summed E-state index contributed by atoms with van der Waals surface area (Å²) in [5, 5.41) is 10.6. The number of hydrogen-bond donors (Lipinski definition) is 3. The Labute approximate surface area is 556 Å². The first kappa shape index (κ1) is 89.1. The molecule has 0 heterocycles. The van der Waals surface area contributed by atoms with Gasteiger partial charge in [-0.1, -0.05) is 318 Å². The van der Waals surface area contributed by atoms with Crippen molar-refractivity contribution in [3.05, 3.63) is 0 Å². The van der Waals surface area contributed by atoms with Crippen LogP contribution in [0.4, 0.5) is 0 Å². The molecule has 3 N–H and O–H groups in total. The second-order valence-electron chi connectivity index (χ2n) is 26.9. The van der Waals surface area contributed by atoms with Crippen LogP contribution in [-0.2, 0) is 65.4 Å². The number of aliphatic hydroxyl groups is 1. The third-order valence-electron chi connectivity index (χ3n) is 16.7. The van der Waals surface area contributed by atoms with Gasteiger partial charge in [0.25, 0.3) is 0 Å². The SMILES string of the molecule is CCCCCCCCCCCCCCCCCC(=O)O[C@H](COC(=O)CCCCCCCCCCCCCC(C)C)COP(=O)(O)OC[C@@H](O)COP(=O)(O)OC[C@@H](COC(=O)CCCCCCCCC(C)C)OC(=O)CCCCCCCCCCCCCCC. The molecule has 0 saturated carbocycles. The van der Waals surface area contributed by atoms with Crippen molar-refractivity contribution < 1.29 is 80.2 Å². The quantitative estimate of drug-likeness (QED) is 0.0222. The Balaban J connectivity index is 5.24. The molecular weight excluding hydrogens is 1200 g/mol. The van der Waals surface area contributed by atoms with Crippen LogP contribution in [0.5, 0.6) is 0 Å². The summed E-state index contributed by atoms with van der Waals surface area (Å²) in [5.74, 6) is -0.670. The molecule has 19 heteroatoms. The highest BCUT2D eigenvalue weighted by atomic mass is 31.2. The molecular formula is C72H140O17P2. The topological polar surface area (TPSA) is 237 Å². The number of unbranched alkanes of at least 4 members (excludes halogenated alkanes) is 41. The van der Waals surface area contributed by atoms with Crippen molar-refractivity contribution in [2.45, 2.75) is 387 Å². The van der Waals surface area contributed by atoms with Gasteiger partial charge in [0, 0.05) is 25.7 Å². The Morgan fingerprint density at radius 3 is 0.747 bits per heavy atom. The number of carbonyl (C=O) groups is 4. The van der Waals surface area contributed by atoms with E-state index in [2.05, 4.69) is 41.5 Å². The molecule has 91 heavy (non-hydrogen) atoms. The lowest BCUT2D eigenvalue weighted by Crippen LogP contribution is -2.30. The van der Waals surface area contributed by atoms with Gasteiger partial charge < -0.3 is 33.8 Å². The number of hydrogen-bond acceptors (Lipinski definition) is 15. The molecule has 540 valence electrons. The van der Waals surface area contributed by atoms with E-state index in [1.807, 2.05) is 0 Å². The van der Waals surface area contributed by atoms with Crippen LogP contribution in [-0.4, -0.2) is 96.7 Å². The van der Waals surface area contributed by atoms with Crippen LogP contribution in [0.15, 0.2) is 0 Å². The van der Waals surface area contributed by atoms with Crippen molar-refractivity contribution in [1.82, 2.24) is 0 Å². The predicted molar refractivity (Wildman–Crippen MR) is 368 cm³/mol. The Bertz CT molecular complexity index is 1770. The average Bonchev–Trinajstić information content (AvgIpc) is 2.65. The van der Waals surface area contributed by atoms with Crippen molar-refractivity contribution >= 4 is 39.5 Å². The van der Waals surface area contributed by atoms with E-state index in [9.17, 15) is 43.2 Å². The predicted octanol–water partition coefficient (Wildman–Crippen LogP) is 20.8. The lowest BCUT2D eigenvalue weighted by atomic mass is 10.0. The van der Waals surface area contributed by atoms with Crippen LogP contribution in [0.2, 0.25) is 0 Å². The molecule has 0 aromatic rings. The zero-order chi connectivity index (χ0) is 67.2. The fraction of sp³-hybridized carbons (Fsp3) is 0.944. The first-order valence-corrected chi connectivity index (χ1v) is 40.5. The molecule has 5 atom stereocenters. The van der Waals surface area contributed by atoms with Gasteiger partial charge in [0.2, 0.25) is 0 Å². The van der Waals surface area contributed by atoms with Crippen molar-refractivity contribution in [1.29, 1.82) is 0 Å². The summed E-state index contributed by atoms with van der Waals surface area (Å²) in [7, 11) is -9.90. The second-order valence-corrected chi connectivity index (χ2v) is 29.8. The fourth-order valence-electron chi connectivity index (χ4n) is 10.9. The zero-order valence-electron chi connectivity index (χ0n) is 59.1. The summed E-state index contributed by atoms with van der Waals surface area (Å²) in [4.78, 5) is 72.6. The summed E-state index contributed by atoms with van der Waals surface area (Å²) in [5.41, 5.74) is 0. The first-order chi connectivity index (χ1) is 43.9. The highest BCUT2D eigenvalue weighted by Crippen LogP contribution is 2.45. The normalized spacial score (nSPS) is 14.1. The smallest absolute Gasteiger partial charge is 0.462 e. The van der Waals surface area contributed by atoms with E-state index in [1.165, 1.54) is 180 Å². The molecule has 0 spiro atoms. The third kappa shape index (κ3) is 66.5. The molecule has 0 aromatic heterocycles. The van der Waals surface area contributed by atoms with Crippen LogP contribution in [0.25, 0.3) is 0 Å². The molecule has 2 unspecified atom stereocenters. The van der Waals surface area contributed by atoms with Gasteiger partial charge in [-0.25, -0.2) is 9.13 Å². The molecule has 0 amide bonds. The molecule has 0 fully saturated rings. The van der Waals surface area contributed by atoms with E-state index in [0.29, 0.717) is 31.6 Å². The molecule has 0 rings (SSSR count). The van der Waals surface area contributed by atoms with Crippen molar-refractivity contribution in [3.63, 3.8) is 0 Å². The van der Waals surface area contributed by atoms with E-state index in [-0.39, 0.29) is 25.7 Å². The number of aliphatic hydroxyl groups excluding tert-OH is 1. The average molecular weight is 1340 g/mol. The monoisotopic (exact) mass is 1340 g/mol. The largest absolute Gasteiger partial charge is 0.472 e. The Morgan fingerprint density at radius 2 is 0.505 bits per heavy atom. The highest BCUT2D eigenvalue weighted by molar-refractivity contribution is 7.47. The third-order valence-corrected chi connectivity index (χ3v) is 18.6. The summed E-state index contributed by atoms with van der Waals surface area (Å²) < 4.78 is 68.4. The maximum absolute atomic E-state index is 13.0. The Hall–Kier alpha value is -1.94. The molecule has 0 aliphatic carbocycles. The van der Waals surface area contributed by atoms with Gasteiger partial charge in [-0.15, -0.1) is 0 Å². The number of ether oxygens (including phenoxy) is 4. The summed E-state index contributed by atoms with van der Waals surface area (Å²) >= 11 is 0. The summed E-state index contributed by atoms with van der Waals surface area (Å²) in [6.45, 7) is 9.49. The molecule has 0 aromatic carbocycles. The standard InChI is InChI=1S/C72H140O17P2/c1-7-9-11-13-15-17-19-21-22-24-28-33-37-45-51-57-71(76)88-67(60-82-69(74)54-48-42-35-31-29-25-26-30-34-40-46-52-64(3)4)62-86-90(78,79)84-58-66(73)59-85-91(80,81)87-63-68(61-83-70(75)55-49-43-39-38-41-47-53-65(5)6)89-72(77)56-50-44-36-32-27-23-20-18-16-14-12-10-8-2/h64-68,73H,7-63H2,1-6H3,(H,78,79)(H,80,81)/t66-,67-,68-/m1/s1. The van der Waals surface area contributed by atoms with Crippen molar-refractivity contribution in [2.24, 2.45) is 11.8 Å². The molecule has 0 saturated heterocycles. The van der Waals surface area contributed by atoms with Gasteiger partial charge in [-0.3, -0.25) is 37.3 Å². The van der Waals surface area contributed by atoms with E-state index in [0.717, 1.165) is 102 Å². The second kappa shape index (κ2) is 64.1. The Kier molecular flexibility index (Phi) is 62.7. The lowest BCUT2D eigenvalue weighted by Gasteiger charge is -2.21. The number of rotatable bonds is 71. The van der Waals surface area contributed by atoms with E-state index in [4.69, 9.17) is 37.0 Å². The molecule has 0 radical (unpaired) electrons. The minimum absolute atomic E-state index is 0.107. The molecule has 17 nitrogen and oxygen atoms in total. The van der Waals surface area contributed by atoms with E-state index >= 15 is 0 Å². The number of phosphoric acid groups is 2. The number of carbonyl (C=O) groups excluding carboxylic acids is 4. The van der Waals surface area contributed by atoms with E-state index in [1.54, 1.807) is 0 Å². The highest BCUT2D eigenvalue weighted by Gasteiger charge is 2.30. The van der Waals surface area contributed by atoms with Crippen LogP contribution in [0, 0.1) is 11.8 Å². The molecule has 0 aliphatic rings. The van der Waals surface area contributed by atoms with Gasteiger partial charge in [0.1, 0.15) is 19.3 Å². The van der Waals surface area contributed by atoms with Gasteiger partial charge >= 0.3 is 39.5 Å². The van der Waals surface area contributed by atoms with Gasteiger partial charge in [-0.05, 0) is 37.5 Å². The Morgan fingerprint density at radius 1 is 0.297 bits per heavy atom. The van der Waals surface area contributed by atoms with Crippen LogP contribution in [0.3, 0.4) is 0 Å². The van der Waals surface area contributed by atoms with Gasteiger partial charge in [0.05, 0.1) is 26.4 Å². The maximum Gasteiger partial charge on any atom is 0.472 e. The number of esters is 4. The molecule has 0 bridgehead atoms. The van der Waals surface area contributed by atoms with Crippen LogP contribution < -0.4 is 0 Å². The lowest BCUT2D eigenvalue weighted by molar-refractivity contribution is -0.161. The zero-order valence-corrected chi connectivity index (χ0v) is 60.9. The van der Waals surface area contributed by atoms with Crippen molar-refractivity contribution in [2.75, 3.05) is 39.6 Å². The van der Waals surface area contributed by atoms with Gasteiger partial charge in [-0.2, -0.15) is 0 Å². The van der Waals surface area contributed by atoms with Crippen molar-refractivity contribution in [3.8, 4) is 0 Å². The summed E-state index contributed by atoms with van der Waals surface area (Å²) in [6.07, 6.45) is 50.0. The van der Waals surface area contributed by atoms with Gasteiger partial charge in [0.15, 0.2) is 12.2 Å². The van der Waals surface area contributed by atoms with Crippen LogP contribution >= 0.6 is 15.6 Å². The minimum Gasteiger partial charge on any atom is -0.462 e. The first-order valence-electron chi connectivity index (χ1n) is 37.5. The van der Waals surface area contributed by atoms with Crippen LogP contribution in [0.1, 0.15) is 369 Å². The molecule has 0 aliphatic heterocycles. The summed E-state index contributed by atoms with van der Waals surface area (Å²) in [6, 6.07) is 0. The fourth-order valence-corrected chi connectivity index (χ4v) is 12.5.